The topological polar surface area (TPSA) is 63.6 Å². The molecule has 0 spiro atoms. The predicted octanol–water partition coefficient (Wildman–Crippen LogP) is 0.141. The van der Waals surface area contributed by atoms with Gasteiger partial charge >= 0.3 is 24.8 Å². The summed E-state index contributed by atoms with van der Waals surface area (Å²) in [6, 6.07) is 4.32. The summed E-state index contributed by atoms with van der Waals surface area (Å²) < 4.78 is 4.49. The minimum Gasteiger partial charge on any atom is -1.00 e. The summed E-state index contributed by atoms with van der Waals surface area (Å²) in [5.74, 6) is -2.35. The van der Waals surface area contributed by atoms with Gasteiger partial charge in [-0.1, -0.05) is 23.2 Å². The number of aliphatic hydroxyl groups excluding tert-OH is 1. The Labute approximate surface area is 134 Å². The maximum absolute atomic E-state index is 11.3. The Hall–Kier alpha value is -0.923. The van der Waals surface area contributed by atoms with Crippen LogP contribution >= 0.6 is 23.2 Å². The van der Waals surface area contributed by atoms with Crippen molar-refractivity contribution in [3.63, 3.8) is 0 Å². The third kappa shape index (κ3) is 5.29. The normalized spacial score (nSPS) is 10.6. The second-order valence-electron chi connectivity index (χ2n) is 3.24. The van der Waals surface area contributed by atoms with Crippen molar-refractivity contribution >= 4 is 40.7 Å². The molecule has 0 aliphatic carbocycles. The summed E-state index contributed by atoms with van der Waals surface area (Å²) in [5, 5.41) is 10.2. The zero-order valence-electron chi connectivity index (χ0n) is 11.4. The maximum Gasteiger partial charge on any atom is 1.00 e. The van der Waals surface area contributed by atoms with Gasteiger partial charge in [-0.25, -0.2) is 4.79 Å². The second kappa shape index (κ2) is 8.29. The van der Waals surface area contributed by atoms with E-state index in [-0.39, 0.29) is 43.2 Å². The molecule has 1 rings (SSSR count). The van der Waals surface area contributed by atoms with Crippen LogP contribution in [0.15, 0.2) is 24.3 Å². The molecule has 0 aliphatic rings. The van der Waals surface area contributed by atoms with Crippen LogP contribution in [0.3, 0.4) is 0 Å². The number of hydrogen-bond acceptors (Lipinski definition) is 4. The molecule has 0 fully saturated rings. The number of carbonyl (C=O) groups is 2. The van der Waals surface area contributed by atoms with Gasteiger partial charge in [-0.2, -0.15) is 0 Å². The van der Waals surface area contributed by atoms with Crippen molar-refractivity contribution < 1.29 is 39.7 Å². The fourth-order valence-corrected chi connectivity index (χ4v) is 1.42. The van der Waals surface area contributed by atoms with Crippen molar-refractivity contribution in [3.05, 3.63) is 39.9 Å². The molecule has 1 aromatic rings. The molecule has 0 bridgehead atoms. The molecule has 0 saturated carbocycles. The Morgan fingerprint density at radius 2 is 2.00 bits per heavy atom. The smallest absolute Gasteiger partial charge is 1.00 e. The molecule has 0 aliphatic heterocycles. The summed E-state index contributed by atoms with van der Waals surface area (Å²) in [7, 11) is 0. The number of halogens is 2. The van der Waals surface area contributed by atoms with Crippen molar-refractivity contribution in [2.45, 2.75) is 6.92 Å². The van der Waals surface area contributed by atoms with E-state index < -0.39 is 11.8 Å². The van der Waals surface area contributed by atoms with E-state index >= 15 is 0 Å². The standard InChI is InChI=1S/C12H10Cl2O4.Li.H/c1-2-18-12(17)11(16)6-10(15)7-3-4-8(13)9(14)5-7;;/h3-6,15H,2H2,1H3;;/q;+1;-1. The number of rotatable bonds is 4. The first kappa shape index (κ1) is 18.1. The SMILES string of the molecule is CCOC(=O)C(=O)C=C(O)c1ccc(Cl)c(Cl)c1.[H-].[Li+]. The van der Waals surface area contributed by atoms with Gasteiger partial charge in [-0.3, -0.25) is 4.79 Å². The quantitative estimate of drug-likeness (QED) is 0.282. The van der Waals surface area contributed by atoms with Crippen molar-refractivity contribution in [2.24, 2.45) is 0 Å². The van der Waals surface area contributed by atoms with Crippen LogP contribution in [0, 0.1) is 0 Å². The summed E-state index contributed by atoms with van der Waals surface area (Å²) in [6.45, 7) is 1.67. The maximum atomic E-state index is 11.3. The number of carbonyl (C=O) groups excluding carboxylic acids is 2. The Kier molecular flexibility index (Phi) is 7.89. The van der Waals surface area contributed by atoms with Crippen molar-refractivity contribution in [1.29, 1.82) is 0 Å². The fraction of sp³-hybridized carbons (Fsp3) is 0.167. The molecule has 0 atom stereocenters. The van der Waals surface area contributed by atoms with Crippen LogP contribution in [0.1, 0.15) is 13.9 Å². The van der Waals surface area contributed by atoms with E-state index in [0.717, 1.165) is 6.08 Å². The number of hydrogen-bond donors (Lipinski definition) is 1. The average molecular weight is 297 g/mol. The molecular weight excluding hydrogens is 286 g/mol. The number of aliphatic hydroxyl groups is 1. The first-order valence-electron chi connectivity index (χ1n) is 5.03. The van der Waals surface area contributed by atoms with Gasteiger partial charge in [-0.15, -0.1) is 0 Å². The van der Waals surface area contributed by atoms with E-state index in [1.54, 1.807) is 6.92 Å². The van der Waals surface area contributed by atoms with E-state index in [0.29, 0.717) is 5.02 Å². The first-order chi connectivity index (χ1) is 8.45. The van der Waals surface area contributed by atoms with E-state index in [1.807, 2.05) is 0 Å². The Morgan fingerprint density at radius 1 is 1.37 bits per heavy atom. The summed E-state index contributed by atoms with van der Waals surface area (Å²) in [6.07, 6.45) is 0.775. The van der Waals surface area contributed by atoms with Crippen LogP contribution < -0.4 is 18.9 Å². The number of ether oxygens (including phenoxy) is 1. The first-order valence-corrected chi connectivity index (χ1v) is 5.78. The molecule has 19 heavy (non-hydrogen) atoms. The van der Waals surface area contributed by atoms with Gasteiger partial charge in [0.2, 0.25) is 0 Å². The summed E-state index contributed by atoms with van der Waals surface area (Å²) >= 11 is 11.5. The molecule has 4 nitrogen and oxygen atoms in total. The van der Waals surface area contributed by atoms with E-state index in [1.165, 1.54) is 18.2 Å². The minimum atomic E-state index is -1.02. The Morgan fingerprint density at radius 3 is 2.53 bits per heavy atom. The molecule has 1 aromatic carbocycles. The van der Waals surface area contributed by atoms with E-state index in [2.05, 4.69) is 4.74 Å². The Bertz CT molecular complexity index is 520. The van der Waals surface area contributed by atoms with Crippen LogP contribution in [0.25, 0.3) is 5.76 Å². The van der Waals surface area contributed by atoms with Crippen LogP contribution in [-0.2, 0) is 14.3 Å². The van der Waals surface area contributed by atoms with Crippen molar-refractivity contribution in [1.82, 2.24) is 0 Å². The zero-order valence-corrected chi connectivity index (χ0v) is 12.0. The summed E-state index contributed by atoms with van der Waals surface area (Å²) in [5.41, 5.74) is 0.280. The van der Waals surface area contributed by atoms with Gasteiger partial charge in [0.25, 0.3) is 5.78 Å². The van der Waals surface area contributed by atoms with Crippen LogP contribution in [0.4, 0.5) is 0 Å². The molecular formula is C12H11Cl2LiO4. The molecule has 0 saturated heterocycles. The molecule has 0 unspecified atom stereocenters. The van der Waals surface area contributed by atoms with Crippen LogP contribution in [0.2, 0.25) is 10.0 Å². The fourth-order valence-electron chi connectivity index (χ4n) is 1.12. The molecule has 0 heterocycles. The number of esters is 1. The van der Waals surface area contributed by atoms with E-state index in [9.17, 15) is 14.7 Å². The van der Waals surface area contributed by atoms with Crippen LogP contribution in [0.5, 0.6) is 0 Å². The monoisotopic (exact) mass is 296 g/mol. The summed E-state index contributed by atoms with van der Waals surface area (Å²) in [4.78, 5) is 22.4. The van der Waals surface area contributed by atoms with Gasteiger partial charge in [0.1, 0.15) is 5.76 Å². The van der Waals surface area contributed by atoms with Gasteiger partial charge in [-0.05, 0) is 25.1 Å². The largest absolute Gasteiger partial charge is 1.00 e. The molecule has 1 N–H and O–H groups in total. The Balaban J connectivity index is 0. The molecule has 7 heteroatoms. The van der Waals surface area contributed by atoms with Gasteiger partial charge in [0.15, 0.2) is 0 Å². The molecule has 0 radical (unpaired) electrons. The predicted molar refractivity (Wildman–Crippen MR) is 69.8 cm³/mol. The van der Waals surface area contributed by atoms with Crippen LogP contribution in [-0.4, -0.2) is 23.5 Å². The second-order valence-corrected chi connectivity index (χ2v) is 4.06. The third-order valence-corrected chi connectivity index (χ3v) is 2.70. The molecule has 0 aromatic heterocycles. The number of benzene rings is 1. The van der Waals surface area contributed by atoms with Crippen molar-refractivity contribution in [2.75, 3.05) is 6.61 Å². The third-order valence-electron chi connectivity index (χ3n) is 1.96. The van der Waals surface area contributed by atoms with Gasteiger partial charge < -0.3 is 11.3 Å². The molecule has 98 valence electrons. The average Bonchev–Trinajstić information content (AvgIpc) is 2.32. The van der Waals surface area contributed by atoms with Gasteiger partial charge in [0.05, 0.1) is 16.7 Å². The van der Waals surface area contributed by atoms with E-state index in [4.69, 9.17) is 23.2 Å². The molecule has 0 amide bonds. The zero-order chi connectivity index (χ0) is 13.7. The van der Waals surface area contributed by atoms with Gasteiger partial charge in [0, 0.05) is 11.6 Å². The number of ketones is 1. The minimum absolute atomic E-state index is 0. The van der Waals surface area contributed by atoms with Crippen molar-refractivity contribution in [3.8, 4) is 0 Å².